The molecule has 0 aromatic carbocycles. The molecule has 1 atom stereocenters. The van der Waals surface area contributed by atoms with Crippen molar-refractivity contribution >= 4 is 11.9 Å². The van der Waals surface area contributed by atoms with E-state index in [0.29, 0.717) is 17.4 Å². The number of nitrogens with one attached hydrogen (secondary N) is 1. The summed E-state index contributed by atoms with van der Waals surface area (Å²) in [5.74, 6) is -0.987. The van der Waals surface area contributed by atoms with Crippen LogP contribution in [0.15, 0.2) is 0 Å². The summed E-state index contributed by atoms with van der Waals surface area (Å²) >= 11 is 0. The van der Waals surface area contributed by atoms with Gasteiger partial charge in [0.15, 0.2) is 0 Å². The van der Waals surface area contributed by atoms with Gasteiger partial charge in [-0.1, -0.05) is 6.92 Å². The summed E-state index contributed by atoms with van der Waals surface area (Å²) in [5.41, 5.74) is 0. The van der Waals surface area contributed by atoms with Gasteiger partial charge in [0.1, 0.15) is 0 Å². The molecule has 0 aliphatic carbocycles. The van der Waals surface area contributed by atoms with E-state index in [-0.39, 0.29) is 30.8 Å². The fourth-order valence-electron chi connectivity index (χ4n) is 1.36. The van der Waals surface area contributed by atoms with Gasteiger partial charge >= 0.3 is 5.97 Å². The summed E-state index contributed by atoms with van der Waals surface area (Å²) in [5, 5.41) is 11.4. The fourth-order valence-corrected chi connectivity index (χ4v) is 1.36. The van der Waals surface area contributed by atoms with Crippen molar-refractivity contribution in [1.29, 1.82) is 0 Å². The van der Waals surface area contributed by atoms with E-state index in [1.165, 1.54) is 0 Å². The van der Waals surface area contributed by atoms with Gasteiger partial charge in [-0.25, -0.2) is 0 Å². The molecule has 16 heavy (non-hydrogen) atoms. The van der Waals surface area contributed by atoms with Crippen molar-refractivity contribution in [2.75, 3.05) is 27.7 Å². The first kappa shape index (κ1) is 17.6. The Morgan fingerprint density at radius 1 is 1.31 bits per heavy atom. The van der Waals surface area contributed by atoms with Crippen molar-refractivity contribution in [2.45, 2.75) is 25.8 Å². The van der Waals surface area contributed by atoms with E-state index in [0.717, 1.165) is 0 Å². The van der Waals surface area contributed by atoms with Crippen molar-refractivity contribution in [3.8, 4) is 0 Å². The van der Waals surface area contributed by atoms with Gasteiger partial charge in [-0.2, -0.15) is 0 Å². The molecular weight excluding hydrogens is 232 g/mol. The molecule has 6 heteroatoms. The van der Waals surface area contributed by atoms with E-state index < -0.39 is 5.97 Å². The Kier molecular flexibility index (Phi) is 8.20. The number of rotatable bonds is 6. The summed E-state index contributed by atoms with van der Waals surface area (Å²) in [4.78, 5) is 21.8. The molecule has 0 saturated heterocycles. The van der Waals surface area contributed by atoms with Crippen LogP contribution in [0.3, 0.4) is 0 Å². The van der Waals surface area contributed by atoms with Gasteiger partial charge in [0, 0.05) is 6.42 Å². The van der Waals surface area contributed by atoms with Gasteiger partial charge in [-0.3, -0.25) is 9.59 Å². The topological polar surface area (TPSA) is 66.4 Å². The average molecular weight is 253 g/mol. The minimum Gasteiger partial charge on any atom is -1.00 e. The highest BCUT2D eigenvalue weighted by atomic mass is 35.5. The van der Waals surface area contributed by atoms with E-state index >= 15 is 0 Å². The third-order valence-electron chi connectivity index (χ3n) is 1.88. The first-order valence-corrected chi connectivity index (χ1v) is 5.06. The summed E-state index contributed by atoms with van der Waals surface area (Å²) in [6.45, 7) is 2.36. The number of likely N-dealkylation sites (N-methyl/N-ethyl adjacent to an activating group) is 1. The Balaban J connectivity index is 0. The maximum Gasteiger partial charge on any atom is 0.305 e. The number of amides is 1. The smallest absolute Gasteiger partial charge is 0.305 e. The molecule has 0 aliphatic heterocycles. The Hall–Kier alpha value is -0.810. The average Bonchev–Trinajstić information content (AvgIpc) is 1.99. The Bertz CT molecular complexity index is 239. The predicted molar refractivity (Wildman–Crippen MR) is 57.4 cm³/mol. The Labute approximate surface area is 103 Å². The van der Waals surface area contributed by atoms with Crippen LogP contribution in [0, 0.1) is 0 Å². The van der Waals surface area contributed by atoms with Crippen LogP contribution in [0.4, 0.5) is 0 Å². The van der Waals surface area contributed by atoms with Crippen LogP contribution < -0.4 is 17.7 Å². The number of quaternary nitrogens is 1. The number of carbonyl (C=O) groups excluding carboxylic acids is 1. The monoisotopic (exact) mass is 252 g/mol. The molecule has 96 valence electrons. The molecule has 0 aromatic rings. The number of carbonyl (C=O) groups is 2. The van der Waals surface area contributed by atoms with Crippen molar-refractivity contribution in [1.82, 2.24) is 5.32 Å². The van der Waals surface area contributed by atoms with Crippen LogP contribution in [-0.4, -0.2) is 55.2 Å². The number of nitrogens with zero attached hydrogens (tertiary/aromatic N) is 1. The fraction of sp³-hybridized carbons (Fsp3) is 0.800. The van der Waals surface area contributed by atoms with E-state index in [2.05, 4.69) is 5.32 Å². The molecule has 2 N–H and O–H groups in total. The quantitative estimate of drug-likeness (QED) is 0.498. The van der Waals surface area contributed by atoms with Crippen LogP contribution >= 0.6 is 0 Å². The van der Waals surface area contributed by atoms with Gasteiger partial charge < -0.3 is 27.3 Å². The van der Waals surface area contributed by atoms with Gasteiger partial charge in [-0.15, -0.1) is 0 Å². The molecule has 0 fully saturated rings. The molecule has 0 heterocycles. The normalized spacial score (nSPS) is 12.5. The molecule has 0 aromatic heterocycles. The second-order valence-corrected chi connectivity index (χ2v) is 4.69. The second kappa shape index (κ2) is 7.46. The highest BCUT2D eigenvalue weighted by Crippen LogP contribution is 2.00. The highest BCUT2D eigenvalue weighted by molar-refractivity contribution is 5.77. The summed E-state index contributed by atoms with van der Waals surface area (Å²) < 4.78 is 0.627. The third kappa shape index (κ3) is 9.73. The third-order valence-corrected chi connectivity index (χ3v) is 1.88. The van der Waals surface area contributed by atoms with Crippen LogP contribution in [0.2, 0.25) is 0 Å². The molecule has 0 aliphatic rings. The van der Waals surface area contributed by atoms with E-state index in [4.69, 9.17) is 5.11 Å². The molecular formula is C10H21ClN2O3. The Morgan fingerprint density at radius 3 is 2.12 bits per heavy atom. The highest BCUT2D eigenvalue weighted by Gasteiger charge is 2.21. The van der Waals surface area contributed by atoms with E-state index in [1.807, 2.05) is 21.1 Å². The van der Waals surface area contributed by atoms with Gasteiger partial charge in [0.25, 0.3) is 0 Å². The molecule has 0 unspecified atom stereocenters. The zero-order valence-corrected chi connectivity index (χ0v) is 11.0. The summed E-state index contributed by atoms with van der Waals surface area (Å²) in [7, 11) is 5.90. The molecule has 0 bridgehead atoms. The van der Waals surface area contributed by atoms with Crippen molar-refractivity contribution in [3.63, 3.8) is 0 Å². The zero-order valence-electron chi connectivity index (χ0n) is 10.3. The SMILES string of the molecule is CCC(=O)N[C@H](CC(=O)O)C[N+](C)(C)C.[Cl-]. The van der Waals surface area contributed by atoms with Crippen LogP contribution in [0.1, 0.15) is 19.8 Å². The molecule has 0 rings (SSSR count). The van der Waals surface area contributed by atoms with Crippen molar-refractivity contribution < 1.29 is 31.6 Å². The molecule has 0 spiro atoms. The Morgan fingerprint density at radius 2 is 1.81 bits per heavy atom. The lowest BCUT2D eigenvalue weighted by molar-refractivity contribution is -0.871. The molecule has 0 radical (unpaired) electrons. The minimum absolute atomic E-state index is 0. The number of halogens is 1. The second-order valence-electron chi connectivity index (χ2n) is 4.69. The number of carboxylic acids is 1. The maximum atomic E-state index is 11.2. The van der Waals surface area contributed by atoms with Crippen LogP contribution in [0.5, 0.6) is 0 Å². The number of hydrogen-bond donors (Lipinski definition) is 2. The number of hydrogen-bond acceptors (Lipinski definition) is 2. The first-order valence-electron chi connectivity index (χ1n) is 5.06. The minimum atomic E-state index is -0.884. The van der Waals surface area contributed by atoms with Gasteiger partial charge in [0.2, 0.25) is 5.91 Å². The zero-order chi connectivity index (χ0) is 12.1. The summed E-state index contributed by atoms with van der Waals surface area (Å²) in [6, 6.07) is -0.296. The number of carboxylic acid groups (broad SMARTS) is 1. The van der Waals surface area contributed by atoms with Crippen LogP contribution in [-0.2, 0) is 9.59 Å². The lowest BCUT2D eigenvalue weighted by Gasteiger charge is -2.29. The number of aliphatic carboxylic acids is 1. The van der Waals surface area contributed by atoms with E-state index in [1.54, 1.807) is 6.92 Å². The molecule has 0 saturated carbocycles. The molecule has 5 nitrogen and oxygen atoms in total. The largest absolute Gasteiger partial charge is 1.00 e. The van der Waals surface area contributed by atoms with Gasteiger partial charge in [0.05, 0.1) is 40.2 Å². The van der Waals surface area contributed by atoms with Crippen molar-refractivity contribution in [3.05, 3.63) is 0 Å². The maximum absolute atomic E-state index is 11.2. The van der Waals surface area contributed by atoms with Crippen molar-refractivity contribution in [2.24, 2.45) is 0 Å². The molecule has 1 amide bonds. The predicted octanol–water partition coefficient (Wildman–Crippen LogP) is -2.93. The van der Waals surface area contributed by atoms with E-state index in [9.17, 15) is 9.59 Å². The standard InChI is InChI=1S/C10H20N2O3.ClH/c1-5-9(13)11-8(6-10(14)15)7-12(2,3)4;/h8H,5-7H2,1-4H3,(H-,11,13,14,15);1H/t8-;/m1./s1. The first-order chi connectivity index (χ1) is 6.74. The lowest BCUT2D eigenvalue weighted by Crippen LogP contribution is -3.00. The van der Waals surface area contributed by atoms with Gasteiger partial charge in [-0.05, 0) is 0 Å². The van der Waals surface area contributed by atoms with Crippen LogP contribution in [0.25, 0.3) is 0 Å². The lowest BCUT2D eigenvalue weighted by atomic mass is 10.2. The summed E-state index contributed by atoms with van der Waals surface area (Å²) in [6.07, 6.45) is 0.356.